The molecule has 154 valence electrons. The van der Waals surface area contributed by atoms with E-state index in [1.165, 1.54) is 23.3 Å². The third-order valence-electron chi connectivity index (χ3n) is 5.00. The van der Waals surface area contributed by atoms with Crippen LogP contribution in [0, 0.1) is 47.9 Å². The molecule has 0 aliphatic rings. The van der Waals surface area contributed by atoms with Crippen molar-refractivity contribution in [2.75, 3.05) is 5.43 Å². The van der Waals surface area contributed by atoms with E-state index >= 15 is 0 Å². The summed E-state index contributed by atoms with van der Waals surface area (Å²) in [5.74, 6) is 0. The molecule has 1 heterocycles. The number of nitrogens with one attached hydrogen (secondary N) is 1. The summed E-state index contributed by atoms with van der Waals surface area (Å²) < 4.78 is 2.11. The second-order valence-corrected chi connectivity index (χ2v) is 7.02. The lowest BCUT2D eigenvalue weighted by atomic mass is 10.1. The predicted molar refractivity (Wildman–Crippen MR) is 116 cm³/mol. The standard InChI is InChI=1S/C21H21N5O4/c1-13-5-6-18(9-14(13)2)24-15(3)10-17(16(24)4)12-22-23-20-8-7-19(25(27)28)11-21(20)26(29)30/h5-12,23H,1-4H3/b22-12-. The van der Waals surface area contributed by atoms with Crippen LogP contribution in [-0.2, 0) is 0 Å². The minimum atomic E-state index is -0.684. The third kappa shape index (κ3) is 4.04. The number of anilines is 1. The van der Waals surface area contributed by atoms with Crippen molar-refractivity contribution in [2.24, 2.45) is 5.10 Å². The molecule has 3 rings (SSSR count). The topological polar surface area (TPSA) is 116 Å². The van der Waals surface area contributed by atoms with Crippen LogP contribution in [0.4, 0.5) is 17.1 Å². The largest absolute Gasteiger partial charge is 0.318 e. The summed E-state index contributed by atoms with van der Waals surface area (Å²) in [5, 5.41) is 26.2. The van der Waals surface area contributed by atoms with Crippen LogP contribution >= 0.6 is 0 Å². The molecule has 9 nitrogen and oxygen atoms in total. The van der Waals surface area contributed by atoms with Crippen molar-refractivity contribution in [1.29, 1.82) is 0 Å². The monoisotopic (exact) mass is 407 g/mol. The fraction of sp³-hybridized carbons (Fsp3) is 0.190. The van der Waals surface area contributed by atoms with Crippen molar-refractivity contribution < 1.29 is 9.85 Å². The Balaban J connectivity index is 1.88. The molecule has 3 aromatic rings. The van der Waals surface area contributed by atoms with Gasteiger partial charge in [0.15, 0.2) is 0 Å². The van der Waals surface area contributed by atoms with E-state index < -0.39 is 15.5 Å². The van der Waals surface area contributed by atoms with Crippen LogP contribution < -0.4 is 5.43 Å². The SMILES string of the molecule is Cc1ccc(-n2c(C)cc(/C=N\Nc3ccc([N+](=O)[O-])cc3[N+](=O)[O-])c2C)cc1C. The van der Waals surface area contributed by atoms with E-state index in [1.54, 1.807) is 6.21 Å². The minimum absolute atomic E-state index is 0.0739. The summed E-state index contributed by atoms with van der Waals surface area (Å²) in [6.45, 7) is 8.10. The van der Waals surface area contributed by atoms with E-state index in [2.05, 4.69) is 47.1 Å². The van der Waals surface area contributed by atoms with Gasteiger partial charge in [-0.3, -0.25) is 25.7 Å². The Morgan fingerprint density at radius 3 is 2.30 bits per heavy atom. The van der Waals surface area contributed by atoms with Crippen molar-refractivity contribution in [3.05, 3.63) is 90.8 Å². The van der Waals surface area contributed by atoms with E-state index in [-0.39, 0.29) is 11.4 Å². The quantitative estimate of drug-likeness (QED) is 0.352. The maximum absolute atomic E-state index is 11.2. The molecule has 0 unspecified atom stereocenters. The zero-order valence-corrected chi connectivity index (χ0v) is 17.0. The van der Waals surface area contributed by atoms with Gasteiger partial charge in [-0.1, -0.05) is 6.07 Å². The summed E-state index contributed by atoms with van der Waals surface area (Å²) in [6.07, 6.45) is 1.57. The normalized spacial score (nSPS) is 11.1. The number of aromatic nitrogens is 1. The molecule has 0 radical (unpaired) electrons. The average molecular weight is 407 g/mol. The number of nitrogens with zero attached hydrogens (tertiary/aromatic N) is 4. The third-order valence-corrected chi connectivity index (χ3v) is 5.00. The van der Waals surface area contributed by atoms with Crippen molar-refractivity contribution in [3.63, 3.8) is 0 Å². The van der Waals surface area contributed by atoms with E-state index in [1.807, 2.05) is 19.9 Å². The molecule has 9 heteroatoms. The Morgan fingerprint density at radius 1 is 0.933 bits per heavy atom. The molecule has 0 amide bonds. The predicted octanol–water partition coefficient (Wildman–Crippen LogP) is 4.97. The number of nitro benzene ring substituents is 2. The Morgan fingerprint density at radius 2 is 1.67 bits per heavy atom. The summed E-state index contributed by atoms with van der Waals surface area (Å²) in [6, 6.07) is 11.6. The molecule has 0 bridgehead atoms. The zero-order valence-electron chi connectivity index (χ0n) is 17.0. The van der Waals surface area contributed by atoms with Crippen molar-refractivity contribution in [3.8, 4) is 5.69 Å². The zero-order chi connectivity index (χ0) is 22.0. The number of hydrazone groups is 1. The van der Waals surface area contributed by atoms with Crippen LogP contribution in [0.3, 0.4) is 0 Å². The van der Waals surface area contributed by atoms with Gasteiger partial charge in [-0.05, 0) is 63.1 Å². The molecule has 1 aromatic heterocycles. The molecule has 0 spiro atoms. The first kappa shape index (κ1) is 20.7. The Bertz CT molecular complexity index is 1180. The lowest BCUT2D eigenvalue weighted by molar-refractivity contribution is -0.393. The summed E-state index contributed by atoms with van der Waals surface area (Å²) in [5.41, 5.74) is 8.23. The smallest absolute Gasteiger partial charge is 0.301 e. The molecular formula is C21H21N5O4. The number of aryl methyl sites for hydroxylation is 3. The Labute approximate surface area is 173 Å². The van der Waals surface area contributed by atoms with Crippen molar-refractivity contribution in [1.82, 2.24) is 4.57 Å². The van der Waals surface area contributed by atoms with E-state index in [0.717, 1.165) is 28.7 Å². The average Bonchev–Trinajstić information content (AvgIpc) is 2.97. The number of hydrogen-bond acceptors (Lipinski definition) is 6. The summed E-state index contributed by atoms with van der Waals surface area (Å²) in [7, 11) is 0. The molecule has 2 aromatic carbocycles. The first-order valence-corrected chi connectivity index (χ1v) is 9.17. The van der Waals surface area contributed by atoms with E-state index in [0.29, 0.717) is 0 Å². The summed E-state index contributed by atoms with van der Waals surface area (Å²) >= 11 is 0. The molecular weight excluding hydrogens is 386 g/mol. The highest BCUT2D eigenvalue weighted by atomic mass is 16.6. The maximum Gasteiger partial charge on any atom is 0.301 e. The summed E-state index contributed by atoms with van der Waals surface area (Å²) in [4.78, 5) is 20.7. The van der Waals surface area contributed by atoms with Gasteiger partial charge in [-0.2, -0.15) is 5.10 Å². The van der Waals surface area contributed by atoms with Crippen LogP contribution in [-0.4, -0.2) is 20.6 Å². The van der Waals surface area contributed by atoms with Crippen LogP contribution in [0.15, 0.2) is 47.6 Å². The van der Waals surface area contributed by atoms with E-state index in [9.17, 15) is 20.2 Å². The van der Waals surface area contributed by atoms with Gasteiger partial charge in [0.2, 0.25) is 0 Å². The number of nitro groups is 2. The highest BCUT2D eigenvalue weighted by Gasteiger charge is 2.19. The number of hydrogen-bond donors (Lipinski definition) is 1. The fourth-order valence-corrected chi connectivity index (χ4v) is 3.23. The molecule has 0 atom stereocenters. The maximum atomic E-state index is 11.2. The molecule has 30 heavy (non-hydrogen) atoms. The minimum Gasteiger partial charge on any atom is -0.318 e. The van der Waals surface area contributed by atoms with Crippen LogP contribution in [0.5, 0.6) is 0 Å². The first-order valence-electron chi connectivity index (χ1n) is 9.17. The van der Waals surface area contributed by atoms with Gasteiger partial charge in [0, 0.05) is 28.7 Å². The Hall–Kier alpha value is -4.01. The van der Waals surface area contributed by atoms with Gasteiger partial charge in [-0.25, -0.2) is 0 Å². The first-order chi connectivity index (χ1) is 14.2. The lowest BCUT2D eigenvalue weighted by Crippen LogP contribution is -2.01. The van der Waals surface area contributed by atoms with Gasteiger partial charge < -0.3 is 4.57 Å². The Kier molecular flexibility index (Phi) is 5.63. The van der Waals surface area contributed by atoms with Gasteiger partial charge in [-0.15, -0.1) is 0 Å². The second kappa shape index (κ2) is 8.16. The van der Waals surface area contributed by atoms with Gasteiger partial charge in [0.25, 0.3) is 5.69 Å². The molecule has 0 saturated carbocycles. The van der Waals surface area contributed by atoms with Crippen LogP contribution in [0.1, 0.15) is 28.1 Å². The number of rotatable bonds is 6. The molecule has 0 fully saturated rings. The van der Waals surface area contributed by atoms with Gasteiger partial charge >= 0.3 is 5.69 Å². The molecule has 0 aliphatic heterocycles. The highest BCUT2D eigenvalue weighted by molar-refractivity contribution is 5.83. The number of non-ortho nitro benzene ring substituents is 1. The molecule has 0 aliphatic carbocycles. The van der Waals surface area contributed by atoms with Gasteiger partial charge in [0.05, 0.1) is 22.1 Å². The van der Waals surface area contributed by atoms with Crippen molar-refractivity contribution >= 4 is 23.3 Å². The second-order valence-electron chi connectivity index (χ2n) is 7.02. The fourth-order valence-electron chi connectivity index (χ4n) is 3.23. The van der Waals surface area contributed by atoms with Gasteiger partial charge in [0.1, 0.15) is 5.69 Å². The van der Waals surface area contributed by atoms with Crippen LogP contribution in [0.25, 0.3) is 5.69 Å². The van der Waals surface area contributed by atoms with E-state index in [4.69, 9.17) is 0 Å². The lowest BCUT2D eigenvalue weighted by Gasteiger charge is -2.11. The highest BCUT2D eigenvalue weighted by Crippen LogP contribution is 2.29. The van der Waals surface area contributed by atoms with Crippen molar-refractivity contribution in [2.45, 2.75) is 27.7 Å². The number of benzene rings is 2. The van der Waals surface area contributed by atoms with Crippen LogP contribution in [0.2, 0.25) is 0 Å². The molecule has 1 N–H and O–H groups in total. The molecule has 0 saturated heterocycles.